The van der Waals surface area contributed by atoms with Gasteiger partial charge in [0, 0.05) is 12.7 Å². The highest BCUT2D eigenvalue weighted by atomic mass is 19.1. The Bertz CT molecular complexity index is 890. The number of primary amides is 1. The number of rotatable bonds is 5. The third kappa shape index (κ3) is 3.00. The van der Waals surface area contributed by atoms with Crippen LogP contribution in [0.1, 0.15) is 23.0 Å². The van der Waals surface area contributed by atoms with Crippen LogP contribution in [-0.4, -0.2) is 27.2 Å². The molecule has 2 N–H and O–H groups in total. The molecule has 1 aromatic carbocycles. The number of halogens is 1. The average molecular weight is 326 g/mol. The summed E-state index contributed by atoms with van der Waals surface area (Å²) in [6, 6.07) is 11.0. The van der Waals surface area contributed by atoms with Gasteiger partial charge in [0.25, 0.3) is 0 Å². The van der Waals surface area contributed by atoms with Crippen LogP contribution in [0.25, 0.3) is 5.65 Å². The Morgan fingerprint density at radius 2 is 2.12 bits per heavy atom. The lowest BCUT2D eigenvalue weighted by molar-refractivity contribution is -0.123. The van der Waals surface area contributed by atoms with E-state index in [1.165, 1.54) is 12.1 Å². The van der Waals surface area contributed by atoms with E-state index in [2.05, 4.69) is 4.98 Å². The summed E-state index contributed by atoms with van der Waals surface area (Å²) in [7, 11) is 1.79. The molecule has 0 spiro atoms. The van der Waals surface area contributed by atoms with Crippen LogP contribution in [0.3, 0.4) is 0 Å². The summed E-state index contributed by atoms with van der Waals surface area (Å²) in [6.07, 6.45) is 1.93. The minimum absolute atomic E-state index is 0.391. The molecule has 0 aliphatic carbocycles. The fourth-order valence-electron chi connectivity index (χ4n) is 2.99. The number of aromatic nitrogens is 2. The van der Waals surface area contributed by atoms with Gasteiger partial charge in [-0.2, -0.15) is 0 Å². The molecular formula is C18H19FN4O. The van der Waals surface area contributed by atoms with Crippen LogP contribution in [0.15, 0.2) is 48.7 Å². The molecule has 0 saturated carbocycles. The lowest BCUT2D eigenvalue weighted by Gasteiger charge is -2.26. The molecule has 6 heteroatoms. The number of benzene rings is 1. The van der Waals surface area contributed by atoms with Crippen molar-refractivity contribution in [2.75, 3.05) is 7.05 Å². The van der Waals surface area contributed by atoms with Gasteiger partial charge in [0.05, 0.1) is 11.4 Å². The van der Waals surface area contributed by atoms with E-state index in [9.17, 15) is 9.18 Å². The lowest BCUT2D eigenvalue weighted by atomic mass is 10.0. The number of hydrogen-bond acceptors (Lipinski definition) is 3. The molecule has 1 amide bonds. The Morgan fingerprint density at radius 1 is 1.33 bits per heavy atom. The van der Waals surface area contributed by atoms with Gasteiger partial charge in [0.15, 0.2) is 0 Å². The summed E-state index contributed by atoms with van der Waals surface area (Å²) >= 11 is 0. The van der Waals surface area contributed by atoms with Gasteiger partial charge in [-0.1, -0.05) is 18.2 Å². The van der Waals surface area contributed by atoms with E-state index in [1.54, 1.807) is 24.1 Å². The van der Waals surface area contributed by atoms with E-state index in [1.807, 2.05) is 35.7 Å². The minimum Gasteiger partial charge on any atom is -0.368 e. The first-order chi connectivity index (χ1) is 11.5. The van der Waals surface area contributed by atoms with Gasteiger partial charge >= 0.3 is 0 Å². The zero-order chi connectivity index (χ0) is 17.3. The van der Waals surface area contributed by atoms with Gasteiger partial charge in [-0.05, 0) is 43.8 Å². The van der Waals surface area contributed by atoms with Gasteiger partial charge in [-0.15, -0.1) is 0 Å². The molecule has 3 rings (SSSR count). The Balaban J connectivity index is 1.95. The van der Waals surface area contributed by atoms with Crippen LogP contribution >= 0.6 is 0 Å². The third-order valence-corrected chi connectivity index (χ3v) is 4.10. The quantitative estimate of drug-likeness (QED) is 0.783. The van der Waals surface area contributed by atoms with Crippen molar-refractivity contribution in [3.05, 3.63) is 71.4 Å². The van der Waals surface area contributed by atoms with Crippen molar-refractivity contribution in [3.63, 3.8) is 0 Å². The number of likely N-dealkylation sites (N-methyl/N-ethyl adjacent to an activating group) is 1. The SMILES string of the molecule is Cc1nc2ccccn2c1CN(C)C(C(N)=O)c1cccc(F)c1. The predicted octanol–water partition coefficient (Wildman–Crippen LogP) is 2.44. The Morgan fingerprint density at radius 3 is 2.83 bits per heavy atom. The molecule has 0 radical (unpaired) electrons. The number of pyridine rings is 1. The number of nitrogens with zero attached hydrogens (tertiary/aromatic N) is 3. The normalized spacial score (nSPS) is 12.7. The Labute approximate surface area is 139 Å². The van der Waals surface area contributed by atoms with Crippen molar-refractivity contribution in [3.8, 4) is 0 Å². The number of amides is 1. The fourth-order valence-corrected chi connectivity index (χ4v) is 2.99. The maximum atomic E-state index is 13.5. The van der Waals surface area contributed by atoms with Crippen molar-refractivity contribution >= 4 is 11.6 Å². The lowest BCUT2D eigenvalue weighted by Crippen LogP contribution is -2.35. The highest BCUT2D eigenvalue weighted by Gasteiger charge is 2.25. The molecule has 124 valence electrons. The first-order valence-electron chi connectivity index (χ1n) is 7.65. The first-order valence-corrected chi connectivity index (χ1v) is 7.65. The van der Waals surface area contributed by atoms with E-state index in [4.69, 9.17) is 5.73 Å². The predicted molar refractivity (Wildman–Crippen MR) is 89.7 cm³/mol. The Kier molecular flexibility index (Phi) is 4.31. The molecule has 2 heterocycles. The highest BCUT2D eigenvalue weighted by molar-refractivity contribution is 5.81. The van der Waals surface area contributed by atoms with Crippen molar-refractivity contribution in [1.29, 1.82) is 0 Å². The highest BCUT2D eigenvalue weighted by Crippen LogP contribution is 2.23. The van der Waals surface area contributed by atoms with Crippen LogP contribution < -0.4 is 5.73 Å². The van der Waals surface area contributed by atoms with Crippen molar-refractivity contribution in [2.45, 2.75) is 19.5 Å². The molecule has 0 fully saturated rings. The van der Waals surface area contributed by atoms with Crippen molar-refractivity contribution < 1.29 is 9.18 Å². The fraction of sp³-hybridized carbons (Fsp3) is 0.222. The van der Waals surface area contributed by atoms with Gasteiger partial charge in [-0.25, -0.2) is 9.37 Å². The van der Waals surface area contributed by atoms with E-state index in [0.717, 1.165) is 17.0 Å². The summed E-state index contributed by atoms with van der Waals surface area (Å²) in [5.41, 5.74) is 8.81. The van der Waals surface area contributed by atoms with E-state index in [0.29, 0.717) is 12.1 Å². The zero-order valence-corrected chi connectivity index (χ0v) is 13.6. The van der Waals surface area contributed by atoms with Crippen LogP contribution in [0.2, 0.25) is 0 Å². The number of imidazole rings is 1. The van der Waals surface area contributed by atoms with E-state index < -0.39 is 17.8 Å². The molecule has 0 saturated heterocycles. The molecule has 1 atom stereocenters. The summed E-state index contributed by atoms with van der Waals surface area (Å²) < 4.78 is 15.5. The molecule has 0 bridgehead atoms. The summed E-state index contributed by atoms with van der Waals surface area (Å²) in [4.78, 5) is 18.3. The minimum atomic E-state index is -0.714. The molecule has 1 unspecified atom stereocenters. The first kappa shape index (κ1) is 16.1. The summed E-state index contributed by atoms with van der Waals surface area (Å²) in [6.45, 7) is 2.39. The molecule has 0 aliphatic heterocycles. The number of hydrogen-bond donors (Lipinski definition) is 1. The second-order valence-electron chi connectivity index (χ2n) is 5.85. The maximum Gasteiger partial charge on any atom is 0.239 e. The van der Waals surface area contributed by atoms with Crippen LogP contribution in [0.4, 0.5) is 4.39 Å². The van der Waals surface area contributed by atoms with Crippen LogP contribution in [0.5, 0.6) is 0 Å². The smallest absolute Gasteiger partial charge is 0.239 e. The molecule has 2 aromatic heterocycles. The summed E-state index contributed by atoms with van der Waals surface area (Å²) in [5.74, 6) is -0.910. The second kappa shape index (κ2) is 6.41. The monoisotopic (exact) mass is 326 g/mol. The van der Waals surface area contributed by atoms with Crippen molar-refractivity contribution in [2.24, 2.45) is 5.73 Å². The summed E-state index contributed by atoms with van der Waals surface area (Å²) in [5, 5.41) is 0. The van der Waals surface area contributed by atoms with Crippen LogP contribution in [0, 0.1) is 12.7 Å². The second-order valence-corrected chi connectivity index (χ2v) is 5.85. The van der Waals surface area contributed by atoms with Crippen LogP contribution in [-0.2, 0) is 11.3 Å². The molecule has 24 heavy (non-hydrogen) atoms. The molecular weight excluding hydrogens is 307 g/mol. The average Bonchev–Trinajstić information content (AvgIpc) is 2.83. The molecule has 0 aliphatic rings. The van der Waals surface area contributed by atoms with Crippen molar-refractivity contribution in [1.82, 2.24) is 14.3 Å². The topological polar surface area (TPSA) is 63.6 Å². The number of carbonyl (C=O) groups excluding carboxylic acids is 1. The maximum absolute atomic E-state index is 13.5. The zero-order valence-electron chi connectivity index (χ0n) is 13.6. The largest absolute Gasteiger partial charge is 0.368 e. The molecule has 3 aromatic rings. The third-order valence-electron chi connectivity index (χ3n) is 4.10. The Hall–Kier alpha value is -2.73. The number of nitrogens with two attached hydrogens (primary N) is 1. The van der Waals surface area contributed by atoms with E-state index >= 15 is 0 Å². The van der Waals surface area contributed by atoms with Gasteiger partial charge < -0.3 is 10.1 Å². The van der Waals surface area contributed by atoms with E-state index in [-0.39, 0.29) is 0 Å². The van der Waals surface area contributed by atoms with Gasteiger partial charge in [-0.3, -0.25) is 9.69 Å². The standard InChI is InChI=1S/C18H19FN4O/c1-12-15(23-9-4-3-8-16(23)21-12)11-22(2)17(18(20)24)13-6-5-7-14(19)10-13/h3-10,17H,11H2,1-2H3,(H2,20,24). The molecule has 5 nitrogen and oxygen atoms in total. The van der Waals surface area contributed by atoms with Gasteiger partial charge in [0.2, 0.25) is 5.91 Å². The number of carbonyl (C=O) groups is 1. The van der Waals surface area contributed by atoms with Gasteiger partial charge in [0.1, 0.15) is 17.5 Å². The number of aryl methyl sites for hydroxylation is 1. The number of fused-ring (bicyclic) bond motifs is 1.